The summed E-state index contributed by atoms with van der Waals surface area (Å²) in [5, 5.41) is 0. The number of ether oxygens (including phenoxy) is 1. The molecule has 0 aromatic heterocycles. The van der Waals surface area contributed by atoms with E-state index in [4.69, 9.17) is 10.5 Å². The quantitative estimate of drug-likeness (QED) is 0.786. The van der Waals surface area contributed by atoms with E-state index in [0.29, 0.717) is 19.1 Å². The van der Waals surface area contributed by atoms with Crippen molar-refractivity contribution in [3.63, 3.8) is 0 Å². The van der Waals surface area contributed by atoms with E-state index in [9.17, 15) is 4.79 Å². The van der Waals surface area contributed by atoms with Crippen LogP contribution >= 0.6 is 0 Å². The van der Waals surface area contributed by atoms with Crippen LogP contribution in [0.2, 0.25) is 0 Å². The Kier molecular flexibility index (Phi) is 4.90. The Balaban J connectivity index is 1.76. The highest BCUT2D eigenvalue weighted by Crippen LogP contribution is 2.18. The zero-order valence-corrected chi connectivity index (χ0v) is 10.7. The average Bonchev–Trinajstić information content (AvgIpc) is 2.92. The van der Waals surface area contributed by atoms with Crippen molar-refractivity contribution in [1.29, 1.82) is 0 Å². The van der Waals surface area contributed by atoms with Crippen molar-refractivity contribution in [3.8, 4) is 0 Å². The summed E-state index contributed by atoms with van der Waals surface area (Å²) in [6, 6.07) is 7.59. The number of carbonyl (C=O) groups is 1. The molecule has 1 unspecified atom stereocenters. The summed E-state index contributed by atoms with van der Waals surface area (Å²) in [6.07, 6.45) is 5.24. The van der Waals surface area contributed by atoms with Gasteiger partial charge in [0.05, 0.1) is 6.10 Å². The van der Waals surface area contributed by atoms with E-state index in [-0.39, 0.29) is 5.78 Å². The molecule has 1 aliphatic rings. The maximum absolute atomic E-state index is 11.9. The zero-order valence-electron chi connectivity index (χ0n) is 10.7. The van der Waals surface area contributed by atoms with E-state index in [0.717, 1.165) is 37.0 Å². The molecule has 3 heteroatoms. The van der Waals surface area contributed by atoms with Crippen LogP contribution < -0.4 is 5.73 Å². The molecule has 2 rings (SSSR count). The number of Topliss-reactive ketones (excluding diaryl/α,β-unsaturated/α-hetero) is 1. The Morgan fingerprint density at radius 3 is 2.72 bits per heavy atom. The first-order valence-corrected chi connectivity index (χ1v) is 6.73. The molecular weight excluding hydrogens is 226 g/mol. The molecule has 1 aromatic carbocycles. The molecule has 1 heterocycles. The summed E-state index contributed by atoms with van der Waals surface area (Å²) in [6.45, 7) is 1.41. The van der Waals surface area contributed by atoms with E-state index in [2.05, 4.69) is 0 Å². The second-order valence-corrected chi connectivity index (χ2v) is 4.85. The van der Waals surface area contributed by atoms with Gasteiger partial charge < -0.3 is 10.5 Å². The molecule has 0 amide bonds. The lowest BCUT2D eigenvalue weighted by atomic mass is 10.0. The molecular formula is C15H21NO2. The van der Waals surface area contributed by atoms with Gasteiger partial charge in [0.2, 0.25) is 0 Å². The number of ketones is 1. The summed E-state index contributed by atoms with van der Waals surface area (Å²) < 4.78 is 5.55. The highest BCUT2D eigenvalue weighted by Gasteiger charge is 2.15. The van der Waals surface area contributed by atoms with Crippen LogP contribution in [-0.2, 0) is 11.3 Å². The Morgan fingerprint density at radius 1 is 1.33 bits per heavy atom. The van der Waals surface area contributed by atoms with Gasteiger partial charge in [0, 0.05) is 25.1 Å². The molecule has 1 fully saturated rings. The van der Waals surface area contributed by atoms with Crippen LogP contribution in [0.4, 0.5) is 0 Å². The predicted octanol–water partition coefficient (Wildman–Crippen LogP) is 2.68. The van der Waals surface area contributed by atoms with Crippen molar-refractivity contribution in [3.05, 3.63) is 35.4 Å². The SMILES string of the molecule is NCc1ccc(C(=O)CCCC2CCCO2)cc1. The topological polar surface area (TPSA) is 52.3 Å². The van der Waals surface area contributed by atoms with Crippen LogP contribution in [0.5, 0.6) is 0 Å². The Hall–Kier alpha value is -1.19. The normalized spacial score (nSPS) is 19.1. The maximum Gasteiger partial charge on any atom is 0.162 e. The molecule has 0 bridgehead atoms. The van der Waals surface area contributed by atoms with E-state index >= 15 is 0 Å². The first kappa shape index (κ1) is 13.2. The van der Waals surface area contributed by atoms with Crippen molar-refractivity contribution < 1.29 is 9.53 Å². The molecule has 1 atom stereocenters. The van der Waals surface area contributed by atoms with Gasteiger partial charge in [0.25, 0.3) is 0 Å². The number of carbonyl (C=O) groups excluding carboxylic acids is 1. The number of benzene rings is 1. The fourth-order valence-corrected chi connectivity index (χ4v) is 2.33. The van der Waals surface area contributed by atoms with Gasteiger partial charge in [-0.25, -0.2) is 0 Å². The van der Waals surface area contributed by atoms with Gasteiger partial charge in [-0.3, -0.25) is 4.79 Å². The Labute approximate surface area is 108 Å². The molecule has 98 valence electrons. The van der Waals surface area contributed by atoms with Crippen molar-refractivity contribution in [2.24, 2.45) is 5.73 Å². The van der Waals surface area contributed by atoms with Crippen molar-refractivity contribution in [1.82, 2.24) is 0 Å². The van der Waals surface area contributed by atoms with Gasteiger partial charge >= 0.3 is 0 Å². The van der Waals surface area contributed by atoms with E-state index in [1.54, 1.807) is 0 Å². The van der Waals surface area contributed by atoms with E-state index in [1.165, 1.54) is 6.42 Å². The first-order chi connectivity index (χ1) is 8.79. The average molecular weight is 247 g/mol. The highest BCUT2D eigenvalue weighted by atomic mass is 16.5. The minimum atomic E-state index is 0.219. The summed E-state index contributed by atoms with van der Waals surface area (Å²) in [4.78, 5) is 11.9. The molecule has 1 aromatic rings. The highest BCUT2D eigenvalue weighted by molar-refractivity contribution is 5.96. The van der Waals surface area contributed by atoms with E-state index < -0.39 is 0 Å². The second-order valence-electron chi connectivity index (χ2n) is 4.85. The van der Waals surface area contributed by atoms with Crippen LogP contribution in [0.3, 0.4) is 0 Å². The predicted molar refractivity (Wildman–Crippen MR) is 71.5 cm³/mol. The van der Waals surface area contributed by atoms with Gasteiger partial charge in [-0.15, -0.1) is 0 Å². The molecule has 18 heavy (non-hydrogen) atoms. The van der Waals surface area contributed by atoms with Gasteiger partial charge in [-0.2, -0.15) is 0 Å². The molecule has 2 N–H and O–H groups in total. The third kappa shape index (κ3) is 3.65. The first-order valence-electron chi connectivity index (χ1n) is 6.73. The largest absolute Gasteiger partial charge is 0.378 e. The van der Waals surface area contributed by atoms with Gasteiger partial charge in [0.1, 0.15) is 0 Å². The third-order valence-corrected chi connectivity index (χ3v) is 3.47. The smallest absolute Gasteiger partial charge is 0.162 e. The summed E-state index contributed by atoms with van der Waals surface area (Å²) in [5.74, 6) is 0.219. The molecule has 0 radical (unpaired) electrons. The number of nitrogens with two attached hydrogens (primary N) is 1. The lowest BCUT2D eigenvalue weighted by molar-refractivity contribution is 0.0923. The van der Waals surface area contributed by atoms with Crippen LogP contribution in [0, 0.1) is 0 Å². The van der Waals surface area contributed by atoms with Gasteiger partial charge in [-0.05, 0) is 31.2 Å². The summed E-state index contributed by atoms with van der Waals surface area (Å²) in [7, 11) is 0. The van der Waals surface area contributed by atoms with Crippen molar-refractivity contribution >= 4 is 5.78 Å². The Morgan fingerprint density at radius 2 is 2.11 bits per heavy atom. The molecule has 3 nitrogen and oxygen atoms in total. The number of hydrogen-bond donors (Lipinski definition) is 1. The minimum Gasteiger partial charge on any atom is -0.378 e. The molecule has 0 saturated carbocycles. The standard InChI is InChI=1S/C15H21NO2/c16-11-12-6-8-13(9-7-12)15(17)5-1-3-14-4-2-10-18-14/h6-9,14H,1-5,10-11,16H2. The molecule has 1 aliphatic heterocycles. The van der Waals surface area contributed by atoms with Crippen LogP contribution in [0.25, 0.3) is 0 Å². The monoisotopic (exact) mass is 247 g/mol. The van der Waals surface area contributed by atoms with Gasteiger partial charge in [-0.1, -0.05) is 24.3 Å². The molecule has 1 saturated heterocycles. The van der Waals surface area contributed by atoms with E-state index in [1.807, 2.05) is 24.3 Å². The maximum atomic E-state index is 11.9. The molecule has 0 spiro atoms. The van der Waals surface area contributed by atoms with Crippen LogP contribution in [0.15, 0.2) is 24.3 Å². The minimum absolute atomic E-state index is 0.219. The van der Waals surface area contributed by atoms with Crippen LogP contribution in [-0.4, -0.2) is 18.5 Å². The van der Waals surface area contributed by atoms with Crippen molar-refractivity contribution in [2.45, 2.75) is 44.8 Å². The third-order valence-electron chi connectivity index (χ3n) is 3.47. The lowest BCUT2D eigenvalue weighted by Crippen LogP contribution is -2.06. The van der Waals surface area contributed by atoms with Crippen LogP contribution in [0.1, 0.15) is 48.0 Å². The van der Waals surface area contributed by atoms with Gasteiger partial charge in [0.15, 0.2) is 5.78 Å². The zero-order chi connectivity index (χ0) is 12.8. The summed E-state index contributed by atoms with van der Waals surface area (Å²) >= 11 is 0. The number of rotatable bonds is 6. The Bertz CT molecular complexity index is 380. The second kappa shape index (κ2) is 6.66. The molecule has 0 aliphatic carbocycles. The lowest BCUT2D eigenvalue weighted by Gasteiger charge is -2.08. The fourth-order valence-electron chi connectivity index (χ4n) is 2.33. The number of hydrogen-bond acceptors (Lipinski definition) is 3. The fraction of sp³-hybridized carbons (Fsp3) is 0.533. The summed E-state index contributed by atoms with van der Waals surface area (Å²) in [5.41, 5.74) is 7.38. The van der Waals surface area contributed by atoms with Crippen molar-refractivity contribution in [2.75, 3.05) is 6.61 Å².